The number of carbonyl (C=O) groups excluding carboxylic acids is 1. The van der Waals surface area contributed by atoms with Gasteiger partial charge in [-0.1, -0.05) is 6.07 Å². The number of para-hydroxylation sites is 1. The monoisotopic (exact) mass is 326 g/mol. The van der Waals surface area contributed by atoms with Crippen LogP contribution in [-0.2, 0) is 4.74 Å². The number of benzene rings is 1. The highest BCUT2D eigenvalue weighted by Crippen LogP contribution is 2.38. The summed E-state index contributed by atoms with van der Waals surface area (Å²) in [6.45, 7) is 5.26. The van der Waals surface area contributed by atoms with Crippen LogP contribution in [0.25, 0.3) is 0 Å². The standard InChI is InChI=1S/C15H19FN2O5/c1-14(2,3)23-13(19)17-15(7-8-15)9-22-11-6-4-5-10(16)12(11)18(20)21/h4-6H,7-9H2,1-3H3,(H,17,19). The third-order valence-electron chi connectivity index (χ3n) is 3.26. The van der Waals surface area contributed by atoms with E-state index in [1.165, 1.54) is 12.1 Å². The second kappa shape index (κ2) is 6.02. The first kappa shape index (κ1) is 17.0. The summed E-state index contributed by atoms with van der Waals surface area (Å²) < 4.78 is 24.1. The molecule has 126 valence electrons. The number of hydrogen-bond acceptors (Lipinski definition) is 5. The van der Waals surface area contributed by atoms with Gasteiger partial charge in [0.05, 0.1) is 10.5 Å². The van der Waals surface area contributed by atoms with E-state index in [0.29, 0.717) is 12.8 Å². The van der Waals surface area contributed by atoms with E-state index in [4.69, 9.17) is 9.47 Å². The number of nitrogens with zero attached hydrogens (tertiary/aromatic N) is 1. The van der Waals surface area contributed by atoms with Crippen LogP contribution in [0.3, 0.4) is 0 Å². The average molecular weight is 326 g/mol. The molecule has 0 heterocycles. The van der Waals surface area contributed by atoms with E-state index in [1.54, 1.807) is 20.8 Å². The minimum Gasteiger partial charge on any atom is -0.484 e. The van der Waals surface area contributed by atoms with Crippen molar-refractivity contribution in [2.24, 2.45) is 0 Å². The first-order valence-electron chi connectivity index (χ1n) is 7.19. The molecular weight excluding hydrogens is 307 g/mol. The second-order valence-corrected chi connectivity index (χ2v) is 6.54. The van der Waals surface area contributed by atoms with E-state index >= 15 is 0 Å². The number of halogens is 1. The topological polar surface area (TPSA) is 90.7 Å². The lowest BCUT2D eigenvalue weighted by Gasteiger charge is -2.23. The predicted octanol–water partition coefficient (Wildman–Crippen LogP) is 3.17. The van der Waals surface area contributed by atoms with Gasteiger partial charge in [0.25, 0.3) is 0 Å². The van der Waals surface area contributed by atoms with Gasteiger partial charge in [0.2, 0.25) is 5.82 Å². The molecule has 1 aliphatic carbocycles. The lowest BCUT2D eigenvalue weighted by atomic mass is 10.2. The Morgan fingerprint density at radius 3 is 2.61 bits per heavy atom. The molecule has 0 atom stereocenters. The quantitative estimate of drug-likeness (QED) is 0.663. The molecule has 0 spiro atoms. The van der Waals surface area contributed by atoms with Crippen LogP contribution in [0.2, 0.25) is 0 Å². The summed E-state index contributed by atoms with van der Waals surface area (Å²) in [5, 5.41) is 13.6. The van der Waals surface area contributed by atoms with Gasteiger partial charge >= 0.3 is 11.8 Å². The summed E-state index contributed by atoms with van der Waals surface area (Å²) in [4.78, 5) is 21.9. The predicted molar refractivity (Wildman–Crippen MR) is 79.9 cm³/mol. The van der Waals surface area contributed by atoms with Crippen molar-refractivity contribution in [2.45, 2.75) is 44.8 Å². The van der Waals surface area contributed by atoms with E-state index in [-0.39, 0.29) is 12.4 Å². The van der Waals surface area contributed by atoms with Gasteiger partial charge in [0, 0.05) is 0 Å². The zero-order valence-electron chi connectivity index (χ0n) is 13.2. The molecule has 0 aliphatic heterocycles. The summed E-state index contributed by atoms with van der Waals surface area (Å²) >= 11 is 0. The maximum absolute atomic E-state index is 13.5. The Bertz CT molecular complexity index is 623. The molecule has 23 heavy (non-hydrogen) atoms. The molecule has 0 saturated heterocycles. The number of alkyl carbamates (subject to hydrolysis) is 1. The minimum absolute atomic E-state index is 0.0105. The number of amides is 1. The number of hydrogen-bond donors (Lipinski definition) is 1. The Kier molecular flexibility index (Phi) is 4.44. The van der Waals surface area contributed by atoms with Gasteiger partial charge in [-0.05, 0) is 45.7 Å². The van der Waals surface area contributed by atoms with Gasteiger partial charge in [0.1, 0.15) is 12.2 Å². The van der Waals surface area contributed by atoms with Gasteiger partial charge in [-0.15, -0.1) is 0 Å². The first-order chi connectivity index (χ1) is 10.6. The van der Waals surface area contributed by atoms with Crippen LogP contribution in [0.4, 0.5) is 14.9 Å². The Balaban J connectivity index is 2.00. The number of nitrogens with one attached hydrogen (secondary N) is 1. The zero-order chi connectivity index (χ0) is 17.3. The average Bonchev–Trinajstić information content (AvgIpc) is 3.13. The largest absolute Gasteiger partial charge is 0.484 e. The number of nitro groups is 1. The molecule has 0 unspecified atom stereocenters. The van der Waals surface area contributed by atoms with Crippen LogP contribution < -0.4 is 10.1 Å². The van der Waals surface area contributed by atoms with Crippen LogP contribution in [0.5, 0.6) is 5.75 Å². The molecule has 7 nitrogen and oxygen atoms in total. The van der Waals surface area contributed by atoms with E-state index < -0.39 is 33.7 Å². The smallest absolute Gasteiger partial charge is 0.408 e. The molecule has 1 aromatic rings. The third kappa shape index (κ3) is 4.54. The Hall–Kier alpha value is -2.38. The van der Waals surface area contributed by atoms with Crippen molar-refractivity contribution in [1.82, 2.24) is 5.32 Å². The van der Waals surface area contributed by atoms with Crippen LogP contribution in [-0.4, -0.2) is 28.8 Å². The normalized spacial score (nSPS) is 15.7. The summed E-state index contributed by atoms with van der Waals surface area (Å²) in [5.74, 6) is -1.12. The fourth-order valence-electron chi connectivity index (χ4n) is 1.98. The fraction of sp³-hybridized carbons (Fsp3) is 0.533. The molecule has 0 radical (unpaired) electrons. The highest BCUT2D eigenvalue weighted by molar-refractivity contribution is 5.69. The Morgan fingerprint density at radius 2 is 2.09 bits per heavy atom. The molecule has 1 amide bonds. The SMILES string of the molecule is CC(C)(C)OC(=O)NC1(COc2cccc(F)c2[N+](=O)[O-])CC1. The van der Waals surface area contributed by atoms with E-state index in [1.807, 2.05) is 0 Å². The van der Waals surface area contributed by atoms with Gasteiger partial charge in [0.15, 0.2) is 5.75 Å². The number of carbonyl (C=O) groups is 1. The molecule has 1 saturated carbocycles. The fourth-order valence-corrected chi connectivity index (χ4v) is 1.98. The van der Waals surface area contributed by atoms with Gasteiger partial charge in [-0.3, -0.25) is 10.1 Å². The van der Waals surface area contributed by atoms with Crippen LogP contribution in [0, 0.1) is 15.9 Å². The highest BCUT2D eigenvalue weighted by Gasteiger charge is 2.46. The number of nitro benzene ring substituents is 1. The minimum atomic E-state index is -0.961. The van der Waals surface area contributed by atoms with E-state index in [2.05, 4.69) is 5.32 Å². The Labute approximate surface area is 132 Å². The third-order valence-corrected chi connectivity index (χ3v) is 3.26. The molecule has 0 bridgehead atoms. The second-order valence-electron chi connectivity index (χ2n) is 6.54. The van der Waals surface area contributed by atoms with Crippen molar-refractivity contribution in [3.63, 3.8) is 0 Å². The molecule has 2 rings (SSSR count). The Morgan fingerprint density at radius 1 is 1.43 bits per heavy atom. The van der Waals surface area contributed by atoms with Crippen molar-refractivity contribution < 1.29 is 23.6 Å². The summed E-state index contributed by atoms with van der Waals surface area (Å²) in [7, 11) is 0. The lowest BCUT2D eigenvalue weighted by Crippen LogP contribution is -2.44. The number of rotatable bonds is 5. The summed E-state index contributed by atoms with van der Waals surface area (Å²) in [6, 6.07) is 3.65. The van der Waals surface area contributed by atoms with Crippen molar-refractivity contribution in [3.8, 4) is 5.75 Å². The molecular formula is C15H19FN2O5. The molecule has 8 heteroatoms. The highest BCUT2D eigenvalue weighted by atomic mass is 19.1. The maximum Gasteiger partial charge on any atom is 0.408 e. The molecule has 1 fully saturated rings. The molecule has 1 aromatic carbocycles. The van der Waals surface area contributed by atoms with Gasteiger partial charge in [-0.25, -0.2) is 4.79 Å². The number of ether oxygens (including phenoxy) is 2. The van der Waals surface area contributed by atoms with E-state index in [9.17, 15) is 19.3 Å². The molecule has 1 N–H and O–H groups in total. The van der Waals surface area contributed by atoms with Crippen molar-refractivity contribution >= 4 is 11.8 Å². The van der Waals surface area contributed by atoms with Crippen molar-refractivity contribution in [1.29, 1.82) is 0 Å². The van der Waals surface area contributed by atoms with Crippen molar-refractivity contribution in [3.05, 3.63) is 34.1 Å². The zero-order valence-corrected chi connectivity index (χ0v) is 13.2. The molecule has 0 aromatic heterocycles. The summed E-state index contributed by atoms with van der Waals surface area (Å²) in [6.07, 6.45) is 0.748. The molecule has 1 aliphatic rings. The van der Waals surface area contributed by atoms with Crippen LogP contribution in [0.15, 0.2) is 18.2 Å². The van der Waals surface area contributed by atoms with Gasteiger partial charge in [-0.2, -0.15) is 4.39 Å². The first-order valence-corrected chi connectivity index (χ1v) is 7.19. The summed E-state index contributed by atoms with van der Waals surface area (Å²) in [5.41, 5.74) is -1.95. The van der Waals surface area contributed by atoms with Gasteiger partial charge < -0.3 is 14.8 Å². The van der Waals surface area contributed by atoms with E-state index in [0.717, 1.165) is 6.07 Å². The lowest BCUT2D eigenvalue weighted by molar-refractivity contribution is -0.388. The van der Waals surface area contributed by atoms with Crippen LogP contribution in [0.1, 0.15) is 33.6 Å². The van der Waals surface area contributed by atoms with Crippen LogP contribution >= 0.6 is 0 Å². The maximum atomic E-state index is 13.5. The van der Waals surface area contributed by atoms with Crippen molar-refractivity contribution in [2.75, 3.05) is 6.61 Å².